The van der Waals surface area contributed by atoms with E-state index in [0.29, 0.717) is 0 Å². The van der Waals surface area contributed by atoms with E-state index in [4.69, 9.17) is 11.6 Å². The number of hydrogen-bond acceptors (Lipinski definition) is 5. The highest BCUT2D eigenvalue weighted by Gasteiger charge is 2.22. The Morgan fingerprint density at radius 3 is 2.24 bits per heavy atom. The molecule has 0 bridgehead atoms. The molecule has 0 atom stereocenters. The van der Waals surface area contributed by atoms with Crippen molar-refractivity contribution >= 4 is 37.1 Å². The number of rotatable bonds is 4. The highest BCUT2D eigenvalue weighted by molar-refractivity contribution is 7.93. The molecule has 21 heavy (non-hydrogen) atoms. The van der Waals surface area contributed by atoms with Crippen LogP contribution in [-0.2, 0) is 19.9 Å². The lowest BCUT2D eigenvalue weighted by Crippen LogP contribution is -2.16. The van der Waals surface area contributed by atoms with E-state index in [2.05, 4.69) is 9.71 Å². The zero-order valence-electron chi connectivity index (χ0n) is 10.8. The Kier molecular flexibility index (Phi) is 4.22. The fraction of sp³-hybridized carbons (Fsp3) is 0.0833. The Bertz CT molecular complexity index is 880. The lowest BCUT2D eigenvalue weighted by atomic mass is 10.3. The van der Waals surface area contributed by atoms with Crippen LogP contribution in [0.3, 0.4) is 0 Å². The minimum absolute atomic E-state index is 0.0417. The second-order valence-corrected chi connectivity index (χ2v) is 8.16. The van der Waals surface area contributed by atoms with Crippen LogP contribution >= 0.6 is 11.6 Å². The molecule has 0 aliphatic heterocycles. The summed E-state index contributed by atoms with van der Waals surface area (Å²) in [7, 11) is -7.61. The molecule has 0 saturated carbocycles. The molecule has 1 aromatic carbocycles. The zero-order chi connectivity index (χ0) is 15.7. The van der Waals surface area contributed by atoms with Crippen LogP contribution in [0.15, 0.2) is 52.4 Å². The van der Waals surface area contributed by atoms with Crippen molar-refractivity contribution in [3.8, 4) is 0 Å². The number of hydrogen-bond donors (Lipinski definition) is 1. The molecule has 0 aliphatic rings. The van der Waals surface area contributed by atoms with Gasteiger partial charge in [-0.15, -0.1) is 0 Å². The molecule has 2 aromatic rings. The Balaban J connectivity index is 2.51. The molecule has 0 aliphatic carbocycles. The van der Waals surface area contributed by atoms with Gasteiger partial charge in [0.25, 0.3) is 10.0 Å². The third-order valence-corrected chi connectivity index (χ3v) is 5.51. The van der Waals surface area contributed by atoms with Gasteiger partial charge in [0.05, 0.1) is 10.6 Å². The van der Waals surface area contributed by atoms with Crippen LogP contribution in [0.4, 0.5) is 5.69 Å². The number of sulfonamides is 1. The van der Waals surface area contributed by atoms with Crippen LogP contribution in [0, 0.1) is 0 Å². The number of nitrogens with one attached hydrogen (secondary N) is 1. The Morgan fingerprint density at radius 2 is 1.62 bits per heavy atom. The van der Waals surface area contributed by atoms with Gasteiger partial charge in [0.15, 0.2) is 9.84 Å². The van der Waals surface area contributed by atoms with Gasteiger partial charge in [0.2, 0.25) is 0 Å². The van der Waals surface area contributed by atoms with Gasteiger partial charge in [-0.25, -0.2) is 21.8 Å². The van der Waals surface area contributed by atoms with Crippen molar-refractivity contribution < 1.29 is 16.8 Å². The lowest BCUT2D eigenvalue weighted by molar-refractivity contribution is 0.600. The number of benzene rings is 1. The van der Waals surface area contributed by atoms with Gasteiger partial charge in [0.1, 0.15) is 10.0 Å². The van der Waals surface area contributed by atoms with Crippen LogP contribution in [0.25, 0.3) is 0 Å². The van der Waals surface area contributed by atoms with Crippen molar-refractivity contribution in [3.63, 3.8) is 0 Å². The smallest absolute Gasteiger partial charge is 0.265 e. The van der Waals surface area contributed by atoms with Gasteiger partial charge >= 0.3 is 0 Å². The first-order chi connectivity index (χ1) is 9.72. The van der Waals surface area contributed by atoms with Crippen LogP contribution in [0.1, 0.15) is 0 Å². The van der Waals surface area contributed by atoms with Crippen molar-refractivity contribution in [2.45, 2.75) is 9.79 Å². The van der Waals surface area contributed by atoms with Gasteiger partial charge in [-0.2, -0.15) is 0 Å². The molecule has 0 saturated heterocycles. The van der Waals surface area contributed by atoms with E-state index in [9.17, 15) is 16.8 Å². The van der Waals surface area contributed by atoms with Crippen LogP contribution < -0.4 is 4.72 Å². The minimum atomic E-state index is -4.04. The molecule has 0 unspecified atom stereocenters. The first-order valence-corrected chi connectivity index (χ1v) is 9.39. The summed E-state index contributed by atoms with van der Waals surface area (Å²) in [5.41, 5.74) is -0.0417. The number of sulfone groups is 1. The summed E-state index contributed by atoms with van der Waals surface area (Å²) in [6.45, 7) is 0. The zero-order valence-corrected chi connectivity index (χ0v) is 13.2. The highest BCUT2D eigenvalue weighted by atomic mass is 35.5. The third-order valence-electron chi connectivity index (χ3n) is 2.55. The average Bonchev–Trinajstić information content (AvgIpc) is 2.38. The number of nitrogens with zero attached hydrogens (tertiary/aromatic N) is 1. The summed E-state index contributed by atoms with van der Waals surface area (Å²) in [5.74, 6) is 0. The van der Waals surface area contributed by atoms with E-state index in [-0.39, 0.29) is 20.6 Å². The number of pyridine rings is 1. The third kappa shape index (κ3) is 3.52. The summed E-state index contributed by atoms with van der Waals surface area (Å²) < 4.78 is 50.1. The summed E-state index contributed by atoms with van der Waals surface area (Å²) in [4.78, 5) is 3.34. The van der Waals surface area contributed by atoms with E-state index in [1.165, 1.54) is 42.6 Å². The van der Waals surface area contributed by atoms with Crippen molar-refractivity contribution in [1.82, 2.24) is 4.98 Å². The van der Waals surface area contributed by atoms with E-state index < -0.39 is 19.9 Å². The molecule has 0 radical (unpaired) electrons. The first kappa shape index (κ1) is 15.7. The number of aromatic nitrogens is 1. The Hall–Kier alpha value is -1.64. The summed E-state index contributed by atoms with van der Waals surface area (Å²) in [5, 5.41) is -0.193. The SMILES string of the molecule is CS(=O)(=O)c1ccccc1NS(=O)(=O)c1cccnc1Cl. The Labute approximate surface area is 127 Å². The minimum Gasteiger partial charge on any atom is -0.278 e. The summed E-state index contributed by atoms with van der Waals surface area (Å²) in [6.07, 6.45) is 2.35. The van der Waals surface area contributed by atoms with Crippen molar-refractivity contribution in [2.75, 3.05) is 11.0 Å². The molecule has 2 rings (SSSR count). The van der Waals surface area contributed by atoms with Crippen molar-refractivity contribution in [1.29, 1.82) is 0 Å². The largest absolute Gasteiger partial charge is 0.278 e. The Morgan fingerprint density at radius 1 is 1.00 bits per heavy atom. The first-order valence-electron chi connectivity index (χ1n) is 5.64. The quantitative estimate of drug-likeness (QED) is 0.854. The van der Waals surface area contributed by atoms with Crippen molar-refractivity contribution in [3.05, 3.63) is 47.7 Å². The van der Waals surface area contributed by atoms with Gasteiger partial charge < -0.3 is 0 Å². The van der Waals surface area contributed by atoms with Gasteiger partial charge in [-0.05, 0) is 24.3 Å². The van der Waals surface area contributed by atoms with E-state index in [1.807, 2.05) is 0 Å². The van der Waals surface area contributed by atoms with Gasteiger partial charge in [0, 0.05) is 12.5 Å². The molecule has 1 aromatic heterocycles. The second kappa shape index (κ2) is 5.63. The van der Waals surface area contributed by atoms with Crippen molar-refractivity contribution in [2.24, 2.45) is 0 Å². The second-order valence-electron chi connectivity index (χ2n) is 4.17. The average molecular weight is 347 g/mol. The van der Waals surface area contributed by atoms with Crippen LogP contribution in [0.5, 0.6) is 0 Å². The molecule has 0 fully saturated rings. The van der Waals surface area contributed by atoms with E-state index in [0.717, 1.165) is 6.26 Å². The number of para-hydroxylation sites is 1. The number of anilines is 1. The number of halogens is 1. The predicted molar refractivity (Wildman–Crippen MR) is 79.6 cm³/mol. The van der Waals surface area contributed by atoms with E-state index >= 15 is 0 Å². The fourth-order valence-electron chi connectivity index (χ4n) is 1.65. The summed E-state index contributed by atoms with van der Waals surface area (Å²) >= 11 is 5.76. The molecule has 9 heteroatoms. The van der Waals surface area contributed by atoms with E-state index in [1.54, 1.807) is 0 Å². The van der Waals surface area contributed by atoms with Crippen LogP contribution in [0.2, 0.25) is 5.15 Å². The maximum absolute atomic E-state index is 12.3. The molecule has 0 spiro atoms. The summed E-state index contributed by atoms with van der Waals surface area (Å²) in [6, 6.07) is 8.41. The molecule has 0 amide bonds. The molecule has 6 nitrogen and oxygen atoms in total. The molecule has 112 valence electrons. The maximum Gasteiger partial charge on any atom is 0.265 e. The molecular weight excluding hydrogens is 336 g/mol. The fourth-order valence-corrected chi connectivity index (χ4v) is 4.09. The topological polar surface area (TPSA) is 93.2 Å². The molecular formula is C12H11ClN2O4S2. The standard InChI is InChI=1S/C12H11ClN2O4S2/c1-20(16,17)10-6-3-2-5-9(10)15-21(18,19)11-7-4-8-14-12(11)13/h2-8,15H,1H3. The molecule has 1 N–H and O–H groups in total. The normalized spacial score (nSPS) is 12.1. The maximum atomic E-state index is 12.3. The van der Waals surface area contributed by atoms with Crippen LogP contribution in [-0.4, -0.2) is 28.1 Å². The van der Waals surface area contributed by atoms with Gasteiger partial charge in [-0.3, -0.25) is 4.72 Å². The molecule has 1 heterocycles. The lowest BCUT2D eigenvalue weighted by Gasteiger charge is -2.11. The monoisotopic (exact) mass is 346 g/mol. The van der Waals surface area contributed by atoms with Gasteiger partial charge in [-0.1, -0.05) is 23.7 Å². The predicted octanol–water partition coefficient (Wildman–Crippen LogP) is 1.94. The highest BCUT2D eigenvalue weighted by Crippen LogP contribution is 2.25.